The number of alkyl halides is 3. The second-order valence-corrected chi connectivity index (χ2v) is 5.41. The van der Waals surface area contributed by atoms with Crippen LogP contribution in [0.25, 0.3) is 0 Å². The van der Waals surface area contributed by atoms with Crippen LogP contribution in [0.15, 0.2) is 17.1 Å². The first-order valence-corrected chi connectivity index (χ1v) is 6.91. The molecule has 0 aromatic carbocycles. The van der Waals surface area contributed by atoms with Crippen LogP contribution in [0.4, 0.5) is 13.2 Å². The number of pyridine rings is 1. The van der Waals surface area contributed by atoms with E-state index in [2.05, 4.69) is 10.6 Å². The molecule has 0 aliphatic carbocycles. The van der Waals surface area contributed by atoms with Crippen LogP contribution in [0.1, 0.15) is 19.4 Å². The monoisotopic (exact) mass is 353 g/mol. The molecule has 0 atom stereocenters. The van der Waals surface area contributed by atoms with Gasteiger partial charge in [-0.2, -0.15) is 13.2 Å². The summed E-state index contributed by atoms with van der Waals surface area (Å²) in [5, 5.41) is 4.08. The van der Waals surface area contributed by atoms with Crippen molar-refractivity contribution in [2.45, 2.75) is 32.6 Å². The maximum absolute atomic E-state index is 12.7. The Labute approximate surface area is 134 Å². The Morgan fingerprint density at radius 3 is 2.43 bits per heavy atom. The highest BCUT2D eigenvalue weighted by atomic mass is 35.5. The summed E-state index contributed by atoms with van der Waals surface area (Å²) >= 11 is 5.46. The van der Waals surface area contributed by atoms with Crippen molar-refractivity contribution in [3.8, 4) is 0 Å². The molecule has 1 aromatic rings. The Morgan fingerprint density at radius 1 is 1.30 bits per heavy atom. The van der Waals surface area contributed by atoms with Gasteiger partial charge in [-0.25, -0.2) is 0 Å². The van der Waals surface area contributed by atoms with E-state index in [1.807, 2.05) is 0 Å². The zero-order valence-corrected chi connectivity index (χ0v) is 13.1. The van der Waals surface area contributed by atoms with E-state index in [1.165, 1.54) is 0 Å². The number of hydrogen-bond donors (Lipinski definition) is 2. The highest BCUT2D eigenvalue weighted by Crippen LogP contribution is 2.29. The van der Waals surface area contributed by atoms with Crippen LogP contribution in [-0.4, -0.2) is 29.0 Å². The van der Waals surface area contributed by atoms with E-state index in [-0.39, 0.29) is 12.6 Å². The van der Waals surface area contributed by atoms with Crippen LogP contribution in [0.3, 0.4) is 0 Å². The molecule has 2 amide bonds. The van der Waals surface area contributed by atoms with Crippen molar-refractivity contribution in [2.75, 3.05) is 6.54 Å². The lowest BCUT2D eigenvalue weighted by Crippen LogP contribution is -2.41. The van der Waals surface area contributed by atoms with Gasteiger partial charge in [-0.05, 0) is 19.9 Å². The number of hydrogen-bond acceptors (Lipinski definition) is 3. The van der Waals surface area contributed by atoms with E-state index in [0.29, 0.717) is 16.8 Å². The van der Waals surface area contributed by atoms with E-state index in [0.717, 1.165) is 0 Å². The van der Waals surface area contributed by atoms with Crippen molar-refractivity contribution in [1.82, 2.24) is 15.2 Å². The third-order valence-electron chi connectivity index (χ3n) is 2.58. The Kier molecular flexibility index (Phi) is 6.20. The Morgan fingerprint density at radius 2 is 1.91 bits per heavy atom. The number of halogens is 4. The lowest BCUT2D eigenvalue weighted by molar-refractivity contribution is -0.138. The molecule has 10 heteroatoms. The third-order valence-corrected chi connectivity index (χ3v) is 2.85. The second-order valence-electron chi connectivity index (χ2n) is 5.01. The van der Waals surface area contributed by atoms with Gasteiger partial charge >= 0.3 is 6.18 Å². The van der Waals surface area contributed by atoms with E-state index >= 15 is 0 Å². The molecule has 0 radical (unpaired) electrons. The molecular weight excluding hydrogens is 339 g/mol. The quantitative estimate of drug-likeness (QED) is 0.833. The van der Waals surface area contributed by atoms with E-state index < -0.39 is 40.7 Å². The minimum Gasteiger partial charge on any atom is -0.352 e. The number of carbonyl (C=O) groups is 2. The van der Waals surface area contributed by atoms with Crippen molar-refractivity contribution in [1.29, 1.82) is 0 Å². The van der Waals surface area contributed by atoms with Gasteiger partial charge in [0.2, 0.25) is 11.8 Å². The molecule has 0 fully saturated rings. The summed E-state index contributed by atoms with van der Waals surface area (Å²) in [5.41, 5.74) is -2.08. The van der Waals surface area contributed by atoms with Gasteiger partial charge in [0.25, 0.3) is 5.56 Å². The first-order chi connectivity index (χ1) is 10.5. The number of nitrogens with zero attached hydrogens (tertiary/aromatic N) is 1. The van der Waals surface area contributed by atoms with Crippen LogP contribution in [-0.2, 0) is 22.3 Å². The summed E-state index contributed by atoms with van der Waals surface area (Å²) < 4.78 is 38.5. The molecule has 0 unspecified atom stereocenters. The first-order valence-electron chi connectivity index (χ1n) is 6.54. The average molecular weight is 354 g/mol. The normalized spacial score (nSPS) is 11.4. The van der Waals surface area contributed by atoms with Gasteiger partial charge in [-0.1, -0.05) is 11.6 Å². The summed E-state index contributed by atoms with van der Waals surface area (Å²) in [6.07, 6.45) is -4.20. The van der Waals surface area contributed by atoms with E-state index in [9.17, 15) is 27.6 Å². The molecule has 1 rings (SSSR count). The van der Waals surface area contributed by atoms with Gasteiger partial charge in [-0.15, -0.1) is 0 Å². The van der Waals surface area contributed by atoms with Crippen molar-refractivity contribution in [3.63, 3.8) is 0 Å². The van der Waals surface area contributed by atoms with Crippen LogP contribution in [0.5, 0.6) is 0 Å². The predicted octanol–water partition coefficient (Wildman–Crippen LogP) is 1.16. The van der Waals surface area contributed by atoms with Crippen LogP contribution in [0, 0.1) is 0 Å². The van der Waals surface area contributed by atoms with Crippen molar-refractivity contribution >= 4 is 23.4 Å². The molecule has 0 aliphatic heterocycles. The fourth-order valence-electron chi connectivity index (χ4n) is 1.63. The third kappa shape index (κ3) is 5.93. The lowest BCUT2D eigenvalue weighted by Gasteiger charge is -2.12. The van der Waals surface area contributed by atoms with Gasteiger partial charge in [0.1, 0.15) is 11.6 Å². The zero-order chi connectivity index (χ0) is 17.8. The molecular formula is C13H15ClF3N3O3. The summed E-state index contributed by atoms with van der Waals surface area (Å²) in [6, 6.07) is 0.373. The number of rotatable bonds is 5. The summed E-state index contributed by atoms with van der Waals surface area (Å²) in [4.78, 5) is 34.7. The fourth-order valence-corrected chi connectivity index (χ4v) is 1.86. The molecule has 2 N–H and O–H groups in total. The first kappa shape index (κ1) is 19.0. The molecule has 0 saturated carbocycles. The summed E-state index contributed by atoms with van der Waals surface area (Å²) in [5.74, 6) is -1.25. The molecule has 23 heavy (non-hydrogen) atoms. The fraction of sp³-hybridized carbons (Fsp3) is 0.462. The molecule has 0 spiro atoms. The second kappa shape index (κ2) is 7.49. The van der Waals surface area contributed by atoms with E-state index in [4.69, 9.17) is 11.6 Å². The maximum atomic E-state index is 12.7. The topological polar surface area (TPSA) is 80.2 Å². The van der Waals surface area contributed by atoms with Crippen molar-refractivity contribution in [2.24, 2.45) is 0 Å². The molecule has 0 saturated heterocycles. The van der Waals surface area contributed by atoms with Gasteiger partial charge in [0.05, 0.1) is 12.1 Å². The van der Waals surface area contributed by atoms with Crippen molar-refractivity contribution in [3.05, 3.63) is 33.2 Å². The van der Waals surface area contributed by atoms with Crippen LogP contribution >= 0.6 is 11.6 Å². The minimum absolute atomic E-state index is 0.121. The lowest BCUT2D eigenvalue weighted by atomic mass is 10.2. The Bertz CT molecular complexity index is 656. The van der Waals surface area contributed by atoms with Gasteiger partial charge in [-0.3, -0.25) is 14.4 Å². The van der Waals surface area contributed by atoms with Gasteiger partial charge in [0, 0.05) is 12.2 Å². The average Bonchev–Trinajstić information content (AvgIpc) is 2.39. The number of carbonyl (C=O) groups excluding carboxylic acids is 2. The SMILES string of the molecule is CC(C)NC(=O)CNC(=O)Cn1cc(C(F)(F)F)cc(Cl)c1=O. The standard InChI is InChI=1S/C13H15ClF3N3O3/c1-7(2)19-10(21)4-18-11(22)6-20-5-8(13(15,16)17)3-9(14)12(20)23/h3,5,7H,4,6H2,1-2H3,(H,18,22)(H,19,21). The Hall–Kier alpha value is -2.03. The highest BCUT2D eigenvalue weighted by Gasteiger charge is 2.32. The molecule has 1 heterocycles. The smallest absolute Gasteiger partial charge is 0.352 e. The summed E-state index contributed by atoms with van der Waals surface area (Å²) in [6.45, 7) is 2.42. The van der Waals surface area contributed by atoms with Crippen LogP contribution in [0.2, 0.25) is 5.02 Å². The van der Waals surface area contributed by atoms with Crippen molar-refractivity contribution < 1.29 is 22.8 Å². The molecule has 1 aromatic heterocycles. The Balaban J connectivity index is 2.80. The summed E-state index contributed by atoms with van der Waals surface area (Å²) in [7, 11) is 0. The number of nitrogens with one attached hydrogen (secondary N) is 2. The van der Waals surface area contributed by atoms with Gasteiger partial charge < -0.3 is 15.2 Å². The van der Waals surface area contributed by atoms with Crippen LogP contribution < -0.4 is 16.2 Å². The number of aromatic nitrogens is 1. The molecule has 6 nitrogen and oxygen atoms in total. The molecule has 0 aliphatic rings. The minimum atomic E-state index is -4.70. The molecule has 0 bridgehead atoms. The number of amides is 2. The van der Waals surface area contributed by atoms with Gasteiger partial charge in [0.15, 0.2) is 0 Å². The largest absolute Gasteiger partial charge is 0.417 e. The maximum Gasteiger partial charge on any atom is 0.417 e. The van der Waals surface area contributed by atoms with E-state index in [1.54, 1.807) is 13.8 Å². The molecule has 128 valence electrons. The zero-order valence-electron chi connectivity index (χ0n) is 12.3. The predicted molar refractivity (Wildman–Crippen MR) is 77.0 cm³/mol. The highest BCUT2D eigenvalue weighted by molar-refractivity contribution is 6.30.